The predicted molar refractivity (Wildman–Crippen MR) is 125 cm³/mol. The van der Waals surface area contributed by atoms with E-state index in [1.54, 1.807) is 39.3 Å². The summed E-state index contributed by atoms with van der Waals surface area (Å²) in [6, 6.07) is 13.3. The highest BCUT2D eigenvalue weighted by Gasteiger charge is 2.31. The van der Waals surface area contributed by atoms with E-state index in [-0.39, 0.29) is 42.2 Å². The standard InChI is InChI=1S/C21H25F3N4O2.HI/c1-25-20(27-14-17-8-4-5-10-18(17)30-21(22,23)24)26-12-11-15-7-6-9-16(13-15)19(29)28(2)3;/h4-10,13H,11-12,14H2,1-3H3,(H2,25,26,27);1H. The molecule has 0 aliphatic carbocycles. The molecule has 1 amide bonds. The van der Waals surface area contributed by atoms with Crippen LogP contribution in [0.3, 0.4) is 0 Å². The van der Waals surface area contributed by atoms with Gasteiger partial charge in [0, 0.05) is 45.4 Å². The van der Waals surface area contributed by atoms with Crippen molar-refractivity contribution in [3.63, 3.8) is 0 Å². The number of ether oxygens (including phenoxy) is 1. The molecular formula is C21H26F3IN4O2. The van der Waals surface area contributed by atoms with Gasteiger partial charge in [0.25, 0.3) is 5.91 Å². The number of halogens is 4. The molecular weight excluding hydrogens is 524 g/mol. The van der Waals surface area contributed by atoms with Crippen molar-refractivity contribution in [3.8, 4) is 5.75 Å². The van der Waals surface area contributed by atoms with Crippen LogP contribution >= 0.6 is 24.0 Å². The third-order valence-electron chi connectivity index (χ3n) is 4.15. The van der Waals surface area contributed by atoms with Crippen molar-refractivity contribution in [1.82, 2.24) is 15.5 Å². The van der Waals surface area contributed by atoms with Crippen molar-refractivity contribution in [3.05, 3.63) is 65.2 Å². The topological polar surface area (TPSA) is 66.0 Å². The highest BCUT2D eigenvalue weighted by atomic mass is 127. The SMILES string of the molecule is CN=C(NCCc1cccc(C(=O)N(C)C)c1)NCc1ccccc1OC(F)(F)F.I. The summed E-state index contributed by atoms with van der Waals surface area (Å²) < 4.78 is 41.7. The van der Waals surface area contributed by atoms with Gasteiger partial charge >= 0.3 is 6.36 Å². The van der Waals surface area contributed by atoms with Gasteiger partial charge in [-0.1, -0.05) is 30.3 Å². The molecule has 2 rings (SSSR count). The van der Waals surface area contributed by atoms with Crippen LogP contribution in [0.15, 0.2) is 53.5 Å². The number of para-hydroxylation sites is 1. The first-order chi connectivity index (χ1) is 14.2. The fraction of sp³-hybridized carbons (Fsp3) is 0.333. The molecule has 31 heavy (non-hydrogen) atoms. The van der Waals surface area contributed by atoms with Crippen LogP contribution in [0.1, 0.15) is 21.5 Å². The molecule has 0 fully saturated rings. The van der Waals surface area contributed by atoms with Crippen LogP contribution in [-0.4, -0.2) is 50.8 Å². The molecule has 170 valence electrons. The monoisotopic (exact) mass is 550 g/mol. The Balaban J connectivity index is 0.00000480. The lowest BCUT2D eigenvalue weighted by Crippen LogP contribution is -2.38. The molecule has 0 saturated heterocycles. The number of hydrogen-bond acceptors (Lipinski definition) is 3. The highest BCUT2D eigenvalue weighted by molar-refractivity contribution is 14.0. The average Bonchev–Trinajstić information content (AvgIpc) is 2.70. The molecule has 0 radical (unpaired) electrons. The first kappa shape index (κ1) is 26.5. The van der Waals surface area contributed by atoms with E-state index >= 15 is 0 Å². The molecule has 2 aromatic rings. The van der Waals surface area contributed by atoms with E-state index in [1.807, 2.05) is 18.2 Å². The summed E-state index contributed by atoms with van der Waals surface area (Å²) in [5.41, 5.74) is 1.95. The first-order valence-electron chi connectivity index (χ1n) is 9.28. The molecule has 2 aromatic carbocycles. The van der Waals surface area contributed by atoms with Crippen molar-refractivity contribution in [2.24, 2.45) is 4.99 Å². The normalized spacial score (nSPS) is 11.4. The first-order valence-corrected chi connectivity index (χ1v) is 9.28. The van der Waals surface area contributed by atoms with E-state index in [0.717, 1.165) is 5.56 Å². The van der Waals surface area contributed by atoms with E-state index in [0.29, 0.717) is 30.1 Å². The largest absolute Gasteiger partial charge is 0.573 e. The number of rotatable bonds is 7. The number of alkyl halides is 3. The van der Waals surface area contributed by atoms with Gasteiger partial charge in [-0.3, -0.25) is 9.79 Å². The third kappa shape index (κ3) is 9.03. The molecule has 0 aliphatic rings. The third-order valence-corrected chi connectivity index (χ3v) is 4.15. The molecule has 0 aliphatic heterocycles. The molecule has 0 saturated carbocycles. The number of nitrogens with zero attached hydrogens (tertiary/aromatic N) is 2. The van der Waals surface area contributed by atoms with Crippen molar-refractivity contribution < 1.29 is 22.7 Å². The van der Waals surface area contributed by atoms with Gasteiger partial charge in [-0.2, -0.15) is 0 Å². The number of carbonyl (C=O) groups excluding carboxylic acids is 1. The summed E-state index contributed by atoms with van der Waals surface area (Å²) in [5.74, 6) is 0.120. The number of carbonyl (C=O) groups is 1. The molecule has 0 spiro atoms. The zero-order valence-corrected chi connectivity index (χ0v) is 19.8. The highest BCUT2D eigenvalue weighted by Crippen LogP contribution is 2.26. The Kier molecular flexibility index (Phi) is 10.6. The van der Waals surface area contributed by atoms with Gasteiger partial charge in [0.15, 0.2) is 5.96 Å². The Labute approximate surface area is 196 Å². The van der Waals surface area contributed by atoms with E-state index < -0.39 is 6.36 Å². The van der Waals surface area contributed by atoms with Crippen LogP contribution in [0.5, 0.6) is 5.75 Å². The number of benzene rings is 2. The number of aliphatic imine (C=N–C) groups is 1. The van der Waals surface area contributed by atoms with Crippen molar-refractivity contribution in [1.29, 1.82) is 0 Å². The lowest BCUT2D eigenvalue weighted by Gasteiger charge is -2.16. The van der Waals surface area contributed by atoms with Gasteiger partial charge in [0.1, 0.15) is 5.75 Å². The number of hydrogen-bond donors (Lipinski definition) is 2. The van der Waals surface area contributed by atoms with Crippen molar-refractivity contribution in [2.75, 3.05) is 27.7 Å². The summed E-state index contributed by atoms with van der Waals surface area (Å²) >= 11 is 0. The second-order valence-electron chi connectivity index (χ2n) is 6.66. The van der Waals surface area contributed by atoms with E-state index in [1.165, 1.54) is 17.0 Å². The molecule has 6 nitrogen and oxygen atoms in total. The minimum absolute atomic E-state index is 0. The maximum Gasteiger partial charge on any atom is 0.573 e. The molecule has 0 aromatic heterocycles. The Morgan fingerprint density at radius 3 is 2.45 bits per heavy atom. The molecule has 0 bridgehead atoms. The smallest absolute Gasteiger partial charge is 0.405 e. The summed E-state index contributed by atoms with van der Waals surface area (Å²) in [7, 11) is 4.97. The lowest BCUT2D eigenvalue weighted by molar-refractivity contribution is -0.274. The quantitative estimate of drug-likeness (QED) is 0.313. The van der Waals surface area contributed by atoms with Crippen LogP contribution in [0.25, 0.3) is 0 Å². The fourth-order valence-electron chi connectivity index (χ4n) is 2.72. The maximum absolute atomic E-state index is 12.5. The summed E-state index contributed by atoms with van der Waals surface area (Å²) in [4.78, 5) is 17.7. The van der Waals surface area contributed by atoms with Crippen LogP contribution in [0.2, 0.25) is 0 Å². The van der Waals surface area contributed by atoms with E-state index in [2.05, 4.69) is 20.4 Å². The lowest BCUT2D eigenvalue weighted by atomic mass is 10.1. The molecule has 0 heterocycles. The van der Waals surface area contributed by atoms with E-state index in [9.17, 15) is 18.0 Å². The summed E-state index contributed by atoms with van der Waals surface area (Å²) in [6.45, 7) is 0.638. The molecule has 10 heteroatoms. The number of amides is 1. The second kappa shape index (κ2) is 12.4. The minimum Gasteiger partial charge on any atom is -0.405 e. The van der Waals surface area contributed by atoms with Gasteiger partial charge in [-0.05, 0) is 30.2 Å². The van der Waals surface area contributed by atoms with Crippen LogP contribution in [0, 0.1) is 0 Å². The zero-order chi connectivity index (χ0) is 22.1. The fourth-order valence-corrected chi connectivity index (χ4v) is 2.72. The Morgan fingerprint density at radius 2 is 1.81 bits per heavy atom. The average molecular weight is 550 g/mol. The Hall–Kier alpha value is -2.50. The maximum atomic E-state index is 12.5. The molecule has 0 atom stereocenters. The van der Waals surface area contributed by atoms with Gasteiger partial charge in [0.05, 0.1) is 0 Å². The van der Waals surface area contributed by atoms with Crippen molar-refractivity contribution in [2.45, 2.75) is 19.3 Å². The van der Waals surface area contributed by atoms with Crippen LogP contribution in [-0.2, 0) is 13.0 Å². The predicted octanol–water partition coefficient (Wildman–Crippen LogP) is 3.81. The minimum atomic E-state index is -4.75. The van der Waals surface area contributed by atoms with Crippen LogP contribution in [0.4, 0.5) is 13.2 Å². The Bertz CT molecular complexity index is 889. The van der Waals surface area contributed by atoms with Crippen LogP contribution < -0.4 is 15.4 Å². The summed E-state index contributed by atoms with van der Waals surface area (Å²) in [6.07, 6.45) is -4.11. The van der Waals surface area contributed by atoms with Crippen molar-refractivity contribution >= 4 is 35.8 Å². The van der Waals surface area contributed by atoms with E-state index in [4.69, 9.17) is 0 Å². The van der Waals surface area contributed by atoms with Gasteiger partial charge in [-0.25, -0.2) is 0 Å². The second-order valence-corrected chi connectivity index (χ2v) is 6.66. The van der Waals surface area contributed by atoms with Gasteiger partial charge in [0.2, 0.25) is 0 Å². The number of guanidine groups is 1. The van der Waals surface area contributed by atoms with Gasteiger partial charge < -0.3 is 20.3 Å². The zero-order valence-electron chi connectivity index (χ0n) is 17.5. The van der Waals surface area contributed by atoms with Gasteiger partial charge in [-0.15, -0.1) is 37.1 Å². The molecule has 0 unspecified atom stereocenters. The Morgan fingerprint density at radius 1 is 1.10 bits per heavy atom. The summed E-state index contributed by atoms with van der Waals surface area (Å²) in [5, 5.41) is 6.08. The molecule has 2 N–H and O–H groups in total. The number of nitrogens with one attached hydrogen (secondary N) is 2.